The van der Waals surface area contributed by atoms with E-state index in [-0.39, 0.29) is 18.5 Å². The molecule has 0 spiro atoms. The van der Waals surface area contributed by atoms with Crippen molar-refractivity contribution in [1.29, 1.82) is 0 Å². The van der Waals surface area contributed by atoms with Crippen molar-refractivity contribution in [2.24, 2.45) is 0 Å². The van der Waals surface area contributed by atoms with Crippen molar-refractivity contribution in [3.05, 3.63) is 63.6 Å². The van der Waals surface area contributed by atoms with E-state index in [0.29, 0.717) is 33.3 Å². The fraction of sp³-hybridized carbons (Fsp3) is 0.462. The first-order chi connectivity index (χ1) is 17.0. The number of hydrogen-bond donors (Lipinski definition) is 1. The molecule has 1 aliphatic rings. The number of amides is 2. The number of anilines is 1. The molecule has 2 aromatic rings. The summed E-state index contributed by atoms with van der Waals surface area (Å²) in [5.41, 5.74) is 1.75. The van der Waals surface area contributed by atoms with Crippen LogP contribution in [0.25, 0.3) is 0 Å². The Bertz CT molecular complexity index is 1200. The molecule has 7 nitrogen and oxygen atoms in total. The molecule has 1 N–H and O–H groups in total. The highest BCUT2D eigenvalue weighted by Gasteiger charge is 2.33. The summed E-state index contributed by atoms with van der Waals surface area (Å²) in [6, 6.07) is 11.2. The summed E-state index contributed by atoms with van der Waals surface area (Å²) >= 11 is 12.5. The van der Waals surface area contributed by atoms with Crippen LogP contribution in [0.15, 0.2) is 42.5 Å². The van der Waals surface area contributed by atoms with Crippen LogP contribution >= 0.6 is 23.2 Å². The van der Waals surface area contributed by atoms with Crippen molar-refractivity contribution in [2.75, 3.05) is 17.1 Å². The molecule has 0 heterocycles. The Morgan fingerprint density at radius 3 is 2.36 bits per heavy atom. The number of halogens is 2. The fourth-order valence-electron chi connectivity index (χ4n) is 4.56. The number of sulfonamides is 1. The molecule has 0 aromatic heterocycles. The van der Waals surface area contributed by atoms with E-state index in [1.165, 1.54) is 4.90 Å². The van der Waals surface area contributed by atoms with Crippen LogP contribution in [-0.4, -0.2) is 50.0 Å². The number of nitrogens with one attached hydrogen (secondary N) is 1. The molecule has 1 atom stereocenters. The lowest BCUT2D eigenvalue weighted by atomic mass is 10.1. The monoisotopic (exact) mass is 553 g/mol. The second-order valence-corrected chi connectivity index (χ2v) is 12.0. The van der Waals surface area contributed by atoms with Gasteiger partial charge in [0.1, 0.15) is 12.6 Å². The van der Waals surface area contributed by atoms with Crippen LogP contribution in [0.2, 0.25) is 10.0 Å². The molecule has 0 saturated heterocycles. The van der Waals surface area contributed by atoms with E-state index < -0.39 is 28.5 Å². The van der Waals surface area contributed by atoms with Gasteiger partial charge in [-0.25, -0.2) is 8.42 Å². The van der Waals surface area contributed by atoms with E-state index in [1.54, 1.807) is 49.4 Å². The molecule has 1 saturated carbocycles. The van der Waals surface area contributed by atoms with Crippen molar-refractivity contribution in [3.63, 3.8) is 0 Å². The number of benzene rings is 2. The normalized spacial score (nSPS) is 14.9. The van der Waals surface area contributed by atoms with Crippen LogP contribution in [0, 0.1) is 6.92 Å². The van der Waals surface area contributed by atoms with E-state index in [1.807, 2.05) is 6.92 Å². The van der Waals surface area contributed by atoms with Gasteiger partial charge in [0.25, 0.3) is 0 Å². The molecule has 0 aliphatic heterocycles. The molecule has 36 heavy (non-hydrogen) atoms. The lowest BCUT2D eigenvalue weighted by Crippen LogP contribution is -2.53. The van der Waals surface area contributed by atoms with Gasteiger partial charge < -0.3 is 10.2 Å². The minimum absolute atomic E-state index is 0.0385. The van der Waals surface area contributed by atoms with Crippen molar-refractivity contribution >= 4 is 50.7 Å². The zero-order valence-corrected chi connectivity index (χ0v) is 23.2. The highest BCUT2D eigenvalue weighted by molar-refractivity contribution is 7.92. The van der Waals surface area contributed by atoms with Gasteiger partial charge in [0.05, 0.1) is 11.9 Å². The molecule has 2 amide bonds. The maximum Gasteiger partial charge on any atom is 0.244 e. The topological polar surface area (TPSA) is 86.8 Å². The molecule has 1 unspecified atom stereocenters. The molecule has 1 fully saturated rings. The molecular formula is C26H33Cl2N3O4S. The molecular weight excluding hydrogens is 521 g/mol. The van der Waals surface area contributed by atoms with Gasteiger partial charge in [-0.15, -0.1) is 0 Å². The SMILES string of the molecule is CCC(C(=O)NC1CCCC1)N(Cc1ccc(Cl)cc1Cl)C(=O)CN(c1ccccc1C)S(C)(=O)=O. The Balaban J connectivity index is 1.96. The predicted octanol–water partition coefficient (Wildman–Crippen LogP) is 4.93. The van der Waals surface area contributed by atoms with Crippen LogP contribution in [0.3, 0.4) is 0 Å². The zero-order chi connectivity index (χ0) is 26.5. The minimum Gasteiger partial charge on any atom is -0.352 e. The van der Waals surface area contributed by atoms with E-state index in [9.17, 15) is 18.0 Å². The second-order valence-electron chi connectivity index (χ2n) is 9.23. The lowest BCUT2D eigenvalue weighted by molar-refractivity contribution is -0.140. The number of carbonyl (C=O) groups excluding carboxylic acids is 2. The van der Waals surface area contributed by atoms with Crippen LogP contribution < -0.4 is 9.62 Å². The molecule has 1 aliphatic carbocycles. The maximum atomic E-state index is 13.8. The van der Waals surface area contributed by atoms with Gasteiger partial charge in [-0.3, -0.25) is 13.9 Å². The Morgan fingerprint density at radius 1 is 1.11 bits per heavy atom. The third-order valence-corrected chi connectivity index (χ3v) is 8.22. The predicted molar refractivity (Wildman–Crippen MR) is 145 cm³/mol. The van der Waals surface area contributed by atoms with Crippen molar-refractivity contribution < 1.29 is 18.0 Å². The number of aryl methyl sites for hydroxylation is 1. The summed E-state index contributed by atoms with van der Waals surface area (Å²) in [6.45, 7) is 3.21. The van der Waals surface area contributed by atoms with Crippen molar-refractivity contribution in [3.8, 4) is 0 Å². The average Bonchev–Trinajstić information content (AvgIpc) is 3.31. The molecule has 10 heteroatoms. The third kappa shape index (κ3) is 7.14. The second kappa shape index (κ2) is 12.3. The first-order valence-electron chi connectivity index (χ1n) is 12.1. The molecule has 0 bridgehead atoms. The van der Waals surface area contributed by atoms with Gasteiger partial charge in [0, 0.05) is 22.6 Å². The molecule has 2 aromatic carbocycles. The lowest BCUT2D eigenvalue weighted by Gasteiger charge is -2.34. The van der Waals surface area contributed by atoms with Gasteiger partial charge in [-0.05, 0) is 55.5 Å². The summed E-state index contributed by atoms with van der Waals surface area (Å²) in [6.07, 6.45) is 5.37. The molecule has 196 valence electrons. The summed E-state index contributed by atoms with van der Waals surface area (Å²) in [7, 11) is -3.79. The number of nitrogens with zero attached hydrogens (tertiary/aromatic N) is 2. The van der Waals surface area contributed by atoms with Gasteiger partial charge in [0.2, 0.25) is 21.8 Å². The third-order valence-electron chi connectivity index (χ3n) is 6.51. The van der Waals surface area contributed by atoms with Gasteiger partial charge in [0.15, 0.2) is 0 Å². The number of hydrogen-bond acceptors (Lipinski definition) is 4. The first kappa shape index (κ1) is 28.3. The quantitative estimate of drug-likeness (QED) is 0.451. The Kier molecular flexibility index (Phi) is 9.66. The summed E-state index contributed by atoms with van der Waals surface area (Å²) in [4.78, 5) is 28.5. The Morgan fingerprint density at radius 2 is 1.78 bits per heavy atom. The fourth-order valence-corrected chi connectivity index (χ4v) is 5.93. The van der Waals surface area contributed by atoms with E-state index in [4.69, 9.17) is 23.2 Å². The Labute approximate surface area is 223 Å². The first-order valence-corrected chi connectivity index (χ1v) is 14.7. The number of carbonyl (C=O) groups is 2. The summed E-state index contributed by atoms with van der Waals surface area (Å²) < 4.78 is 26.6. The van der Waals surface area contributed by atoms with Crippen molar-refractivity contribution in [1.82, 2.24) is 10.2 Å². The highest BCUT2D eigenvalue weighted by atomic mass is 35.5. The summed E-state index contributed by atoms with van der Waals surface area (Å²) in [5, 5.41) is 3.90. The average molecular weight is 555 g/mol. The zero-order valence-electron chi connectivity index (χ0n) is 20.8. The van der Waals surface area contributed by atoms with Crippen LogP contribution in [0.5, 0.6) is 0 Å². The van der Waals surface area contributed by atoms with Crippen LogP contribution in [0.1, 0.15) is 50.2 Å². The molecule has 0 radical (unpaired) electrons. The smallest absolute Gasteiger partial charge is 0.244 e. The van der Waals surface area contributed by atoms with Crippen LogP contribution in [0.4, 0.5) is 5.69 Å². The maximum absolute atomic E-state index is 13.8. The van der Waals surface area contributed by atoms with E-state index in [2.05, 4.69) is 5.32 Å². The van der Waals surface area contributed by atoms with E-state index in [0.717, 1.165) is 36.2 Å². The number of para-hydroxylation sites is 1. The summed E-state index contributed by atoms with van der Waals surface area (Å²) in [5.74, 6) is -0.743. The molecule has 3 rings (SSSR count). The van der Waals surface area contributed by atoms with E-state index >= 15 is 0 Å². The van der Waals surface area contributed by atoms with Crippen molar-refractivity contribution in [2.45, 2.75) is 64.6 Å². The van der Waals surface area contributed by atoms with Gasteiger partial charge in [-0.2, -0.15) is 0 Å². The standard InChI is InChI=1S/C26H33Cl2N3O4S/c1-4-23(26(33)29-21-10-6-7-11-21)30(16-19-13-14-20(27)15-22(19)28)25(32)17-31(36(3,34)35)24-12-8-5-9-18(24)2/h5,8-9,12-15,21,23H,4,6-7,10-11,16-17H2,1-3H3,(H,29,33). The highest BCUT2D eigenvalue weighted by Crippen LogP contribution is 2.26. The van der Waals surface area contributed by atoms with Gasteiger partial charge in [-0.1, -0.05) is 67.2 Å². The minimum atomic E-state index is -3.79. The number of rotatable bonds is 10. The van der Waals surface area contributed by atoms with Crippen LogP contribution in [-0.2, 0) is 26.2 Å². The van der Waals surface area contributed by atoms with Gasteiger partial charge >= 0.3 is 0 Å². The largest absolute Gasteiger partial charge is 0.352 e. The Hall–Kier alpha value is -2.29.